The monoisotopic (exact) mass is 584 g/mol. The third-order valence-corrected chi connectivity index (χ3v) is 6.71. The van der Waals surface area contributed by atoms with Crippen molar-refractivity contribution in [3.05, 3.63) is 69.8 Å². The van der Waals surface area contributed by atoms with Crippen molar-refractivity contribution in [2.45, 2.75) is 83.4 Å². The molecule has 1 N–H and O–H groups in total. The molecule has 1 fully saturated rings. The molecule has 3 atom stereocenters. The highest BCUT2D eigenvalue weighted by atomic mass is 19.4. The third-order valence-electron chi connectivity index (χ3n) is 6.71. The highest BCUT2D eigenvalue weighted by Crippen LogP contribution is 2.40. The van der Waals surface area contributed by atoms with Crippen LogP contribution in [0.4, 0.5) is 39.5 Å². The fourth-order valence-electron chi connectivity index (χ4n) is 4.78. The van der Waals surface area contributed by atoms with Crippen LogP contribution in [-0.2, 0) is 34.6 Å². The van der Waals surface area contributed by atoms with E-state index < -0.39 is 65.4 Å². The Labute approximate surface area is 225 Å². The first-order chi connectivity index (χ1) is 18.3. The van der Waals surface area contributed by atoms with Crippen molar-refractivity contribution in [3.63, 3.8) is 0 Å². The van der Waals surface area contributed by atoms with Crippen LogP contribution in [0.1, 0.15) is 79.6 Å². The molecular formula is C27H29F9N2O2. The molecule has 0 spiro atoms. The van der Waals surface area contributed by atoms with Crippen LogP contribution in [-0.4, -0.2) is 29.5 Å². The summed E-state index contributed by atoms with van der Waals surface area (Å²) in [5.74, 6) is -0.935. The number of esters is 1. The molecule has 1 saturated heterocycles. The zero-order chi connectivity index (χ0) is 30.2. The Hall–Kier alpha value is -2.80. The van der Waals surface area contributed by atoms with Crippen LogP contribution in [0.5, 0.6) is 0 Å². The molecule has 2 aromatic rings. The van der Waals surface area contributed by atoms with E-state index in [1.165, 1.54) is 17.9 Å². The lowest BCUT2D eigenvalue weighted by molar-refractivity contribution is -0.165. The summed E-state index contributed by atoms with van der Waals surface area (Å²) < 4.78 is 127. The number of rotatable bonds is 7. The van der Waals surface area contributed by atoms with E-state index in [4.69, 9.17) is 4.74 Å². The van der Waals surface area contributed by atoms with Crippen molar-refractivity contribution in [3.8, 4) is 0 Å². The predicted molar refractivity (Wildman–Crippen MR) is 128 cm³/mol. The second kappa shape index (κ2) is 11.6. The van der Waals surface area contributed by atoms with Gasteiger partial charge in [-0.05, 0) is 60.4 Å². The second-order valence-corrected chi connectivity index (χ2v) is 10.1. The summed E-state index contributed by atoms with van der Waals surface area (Å²) in [6.07, 6.45) is -15.9. The number of halogens is 9. The number of nitrogens with zero attached hydrogens (tertiary/aromatic N) is 1. The van der Waals surface area contributed by atoms with Crippen LogP contribution in [0.2, 0.25) is 0 Å². The second-order valence-electron chi connectivity index (χ2n) is 10.1. The zero-order valence-electron chi connectivity index (χ0n) is 22.1. The minimum atomic E-state index is -5.11. The van der Waals surface area contributed by atoms with E-state index in [1.807, 2.05) is 20.8 Å². The first-order valence-electron chi connectivity index (χ1n) is 12.5. The Morgan fingerprint density at radius 3 is 1.93 bits per heavy atom. The Balaban J connectivity index is 2.06. The molecule has 0 radical (unpaired) electrons. The van der Waals surface area contributed by atoms with Crippen LogP contribution in [0.25, 0.3) is 0 Å². The van der Waals surface area contributed by atoms with Gasteiger partial charge in [0.15, 0.2) is 0 Å². The summed E-state index contributed by atoms with van der Waals surface area (Å²) in [4.78, 5) is 13.9. The number of cyclic esters (lactones) is 1. The molecule has 0 saturated carbocycles. The van der Waals surface area contributed by atoms with Crippen LogP contribution < -0.4 is 5.32 Å². The van der Waals surface area contributed by atoms with E-state index in [1.54, 1.807) is 0 Å². The number of carbonyl (C=O) groups excluding carboxylic acids is 1. The minimum Gasteiger partial charge on any atom is -0.455 e. The Kier molecular flexibility index (Phi) is 9.19. The average Bonchev–Trinajstić information content (AvgIpc) is 2.82. The average molecular weight is 585 g/mol. The molecule has 0 aromatic heterocycles. The Morgan fingerprint density at radius 2 is 1.45 bits per heavy atom. The maximum absolute atomic E-state index is 13.6. The van der Waals surface area contributed by atoms with Gasteiger partial charge in [0.1, 0.15) is 6.10 Å². The van der Waals surface area contributed by atoms with Crippen molar-refractivity contribution < 1.29 is 49.0 Å². The summed E-state index contributed by atoms with van der Waals surface area (Å²) >= 11 is 0. The number of benzene rings is 2. The number of morpholine rings is 1. The zero-order valence-corrected chi connectivity index (χ0v) is 22.1. The molecule has 0 aliphatic carbocycles. The highest BCUT2D eigenvalue weighted by molar-refractivity contribution is 5.73. The lowest BCUT2D eigenvalue weighted by atomic mass is 9.93. The standard InChI is InChI=1S/C27H29F9N2O2/c1-5-22(37-14(2)3)21-7-6-18(25(28,29)30)10-17(21)12-38-13-23(39)40-24(15(38)4)16-8-19(26(31,32)33)11-20(9-16)27(34,35)36/h6-11,14-15,22,24,37H,5,12-13H2,1-4H3. The molecular weight excluding hydrogens is 555 g/mol. The molecule has 3 unspecified atom stereocenters. The van der Waals surface area contributed by atoms with Crippen LogP contribution in [0.15, 0.2) is 36.4 Å². The number of nitrogens with one attached hydrogen (secondary N) is 1. The van der Waals surface area contributed by atoms with Gasteiger partial charge < -0.3 is 10.1 Å². The van der Waals surface area contributed by atoms with E-state index in [0.717, 1.165) is 12.1 Å². The van der Waals surface area contributed by atoms with Crippen LogP contribution >= 0.6 is 0 Å². The number of ether oxygens (including phenoxy) is 1. The molecule has 40 heavy (non-hydrogen) atoms. The number of hydrogen-bond donors (Lipinski definition) is 1. The minimum absolute atomic E-state index is 0.0166. The van der Waals surface area contributed by atoms with E-state index in [0.29, 0.717) is 24.1 Å². The van der Waals surface area contributed by atoms with Gasteiger partial charge in [-0.3, -0.25) is 9.69 Å². The molecule has 222 valence electrons. The maximum Gasteiger partial charge on any atom is 0.416 e. The Bertz CT molecular complexity index is 1170. The van der Waals surface area contributed by atoms with Gasteiger partial charge in [0.05, 0.1) is 23.2 Å². The molecule has 3 rings (SSSR count). The fourth-order valence-corrected chi connectivity index (χ4v) is 4.78. The first-order valence-corrected chi connectivity index (χ1v) is 12.5. The Morgan fingerprint density at radius 1 is 0.900 bits per heavy atom. The largest absolute Gasteiger partial charge is 0.455 e. The van der Waals surface area contributed by atoms with Gasteiger partial charge in [-0.15, -0.1) is 0 Å². The van der Waals surface area contributed by atoms with Gasteiger partial charge >= 0.3 is 24.5 Å². The summed E-state index contributed by atoms with van der Waals surface area (Å²) in [6.45, 7) is 6.35. The normalized spacial score (nSPS) is 20.1. The SMILES string of the molecule is CCC(NC(C)C)c1ccc(C(F)(F)F)cc1CN1CC(=O)OC(c2cc(C(F)(F)F)cc(C(F)(F)F)c2)C1C. The van der Waals surface area contributed by atoms with Gasteiger partial charge in [-0.1, -0.05) is 26.8 Å². The molecule has 1 aliphatic heterocycles. The molecule has 0 bridgehead atoms. The van der Waals surface area contributed by atoms with Gasteiger partial charge in [0, 0.05) is 24.7 Å². The van der Waals surface area contributed by atoms with Crippen molar-refractivity contribution in [2.75, 3.05) is 6.54 Å². The van der Waals surface area contributed by atoms with Crippen molar-refractivity contribution >= 4 is 5.97 Å². The molecule has 13 heteroatoms. The number of carbonyl (C=O) groups is 1. The molecule has 1 aliphatic rings. The topological polar surface area (TPSA) is 41.6 Å². The van der Waals surface area contributed by atoms with Crippen LogP contribution in [0.3, 0.4) is 0 Å². The summed E-state index contributed by atoms with van der Waals surface area (Å²) in [6, 6.07) is 2.85. The first kappa shape index (κ1) is 31.7. The quantitative estimate of drug-likeness (QED) is 0.268. The van der Waals surface area contributed by atoms with Gasteiger partial charge in [0.2, 0.25) is 0 Å². The fraction of sp³-hybridized carbons (Fsp3) is 0.519. The van der Waals surface area contributed by atoms with Crippen molar-refractivity contribution in [1.29, 1.82) is 0 Å². The third kappa shape index (κ3) is 7.48. The van der Waals surface area contributed by atoms with Gasteiger partial charge in [-0.2, -0.15) is 39.5 Å². The lowest BCUT2D eigenvalue weighted by Crippen LogP contribution is -2.47. The highest BCUT2D eigenvalue weighted by Gasteiger charge is 2.41. The van der Waals surface area contributed by atoms with E-state index in [-0.39, 0.29) is 30.3 Å². The van der Waals surface area contributed by atoms with E-state index in [9.17, 15) is 44.3 Å². The predicted octanol–water partition coefficient (Wildman–Crippen LogP) is 7.68. The lowest BCUT2D eigenvalue weighted by Gasteiger charge is -2.39. The van der Waals surface area contributed by atoms with Gasteiger partial charge in [-0.25, -0.2) is 0 Å². The number of hydrogen-bond acceptors (Lipinski definition) is 4. The van der Waals surface area contributed by atoms with Crippen molar-refractivity contribution in [1.82, 2.24) is 10.2 Å². The summed E-state index contributed by atoms with van der Waals surface area (Å²) in [5, 5.41) is 3.27. The smallest absolute Gasteiger partial charge is 0.416 e. The summed E-state index contributed by atoms with van der Waals surface area (Å²) in [5.41, 5.74) is -3.83. The molecule has 2 aromatic carbocycles. The van der Waals surface area contributed by atoms with E-state index >= 15 is 0 Å². The summed E-state index contributed by atoms with van der Waals surface area (Å²) in [7, 11) is 0. The van der Waals surface area contributed by atoms with Gasteiger partial charge in [0.25, 0.3) is 0 Å². The number of alkyl halides is 9. The van der Waals surface area contributed by atoms with Crippen LogP contribution in [0, 0.1) is 0 Å². The van der Waals surface area contributed by atoms with Crippen molar-refractivity contribution in [2.24, 2.45) is 0 Å². The maximum atomic E-state index is 13.6. The van der Waals surface area contributed by atoms with E-state index in [2.05, 4.69) is 5.32 Å². The molecule has 0 amide bonds. The molecule has 4 nitrogen and oxygen atoms in total. The molecule has 1 heterocycles.